The number of carbonyl (C=O) groups is 2. The number of fused-ring (bicyclic) bond motifs is 1. The van der Waals surface area contributed by atoms with Crippen LogP contribution in [0.5, 0.6) is 5.75 Å². The smallest absolute Gasteiger partial charge is 0.413 e. The van der Waals surface area contributed by atoms with Crippen molar-refractivity contribution in [1.29, 1.82) is 0 Å². The van der Waals surface area contributed by atoms with E-state index >= 15 is 0 Å². The number of likely N-dealkylation sites (tertiary alicyclic amines) is 1. The maximum absolute atomic E-state index is 12.9. The van der Waals surface area contributed by atoms with E-state index < -0.39 is 22.9 Å². The fraction of sp³-hybridized carbons (Fsp3) is 0.735. The Hall–Kier alpha value is -2.81. The van der Waals surface area contributed by atoms with E-state index in [9.17, 15) is 9.59 Å². The van der Waals surface area contributed by atoms with E-state index in [-0.39, 0.29) is 29.1 Å². The molecule has 43 heavy (non-hydrogen) atoms. The number of amides is 2. The average molecular weight is 600 g/mol. The standard InChI is InChI=1S/C34H53N3O6/c1-30(2,3)33(10,40-11)26-15-13-22-18-23(12-14-25(22)41-26)27(36-28(38)42-31(4,5)6)35-24-19-34(20-24)16-17-37(21-34)29(39)43-32(7,8)9/h12,14,18,24,26H,13,15-17,19-21H2,1-11H3,(H,35,36,38)/t24?,26-,33+,34?/m1/s1. The van der Waals surface area contributed by atoms with Crippen LogP contribution in [0.3, 0.4) is 0 Å². The largest absolute Gasteiger partial charge is 0.487 e. The van der Waals surface area contributed by atoms with Gasteiger partial charge in [-0.05, 0) is 115 Å². The monoisotopic (exact) mass is 599 g/mol. The molecule has 0 bridgehead atoms. The van der Waals surface area contributed by atoms with Crippen LogP contribution >= 0.6 is 0 Å². The summed E-state index contributed by atoms with van der Waals surface area (Å²) in [5.41, 5.74) is 0.233. The summed E-state index contributed by atoms with van der Waals surface area (Å²) in [7, 11) is 1.75. The summed E-state index contributed by atoms with van der Waals surface area (Å²) in [6.45, 7) is 21.2. The third-order valence-electron chi connectivity index (χ3n) is 9.16. The van der Waals surface area contributed by atoms with Crippen LogP contribution in [0.15, 0.2) is 23.2 Å². The number of ether oxygens (including phenoxy) is 4. The van der Waals surface area contributed by atoms with Crippen LogP contribution in [-0.2, 0) is 20.6 Å². The highest BCUT2D eigenvalue weighted by molar-refractivity contribution is 6.06. The van der Waals surface area contributed by atoms with Gasteiger partial charge in [-0.2, -0.15) is 0 Å². The summed E-state index contributed by atoms with van der Waals surface area (Å²) in [5, 5.41) is 2.93. The second-order valence-corrected chi connectivity index (χ2v) is 15.8. The number of hydrogen-bond donors (Lipinski definition) is 1. The SMILES string of the molecule is CO[C@@](C)([C@H]1CCc2cc(C(=NC3CC4(CCN(C(=O)OC(C)(C)C)C4)C3)NC(=O)OC(C)(C)C)ccc2O1)C(C)(C)C. The number of aryl methyl sites for hydroxylation is 1. The number of nitrogens with zero attached hydrogens (tertiary/aromatic N) is 2. The normalized spacial score (nSPS) is 25.7. The van der Waals surface area contributed by atoms with Gasteiger partial charge < -0.3 is 23.8 Å². The highest BCUT2D eigenvalue weighted by Crippen LogP contribution is 2.50. The van der Waals surface area contributed by atoms with Gasteiger partial charge in [-0.25, -0.2) is 9.59 Å². The zero-order valence-corrected chi connectivity index (χ0v) is 28.2. The van der Waals surface area contributed by atoms with Crippen LogP contribution in [0.2, 0.25) is 0 Å². The summed E-state index contributed by atoms with van der Waals surface area (Å²) in [5.74, 6) is 1.33. The highest BCUT2D eigenvalue weighted by Gasteiger charge is 2.50. The second kappa shape index (κ2) is 11.6. The molecule has 0 unspecified atom stereocenters. The number of rotatable bonds is 4. The minimum Gasteiger partial charge on any atom is -0.487 e. The fourth-order valence-corrected chi connectivity index (χ4v) is 6.39. The molecule has 4 rings (SSSR count). The number of benzene rings is 1. The number of nitrogens with one attached hydrogen (secondary N) is 1. The summed E-state index contributed by atoms with van der Waals surface area (Å²) < 4.78 is 23.7. The Labute approximate surface area is 258 Å². The van der Waals surface area contributed by atoms with Gasteiger partial charge in [-0.15, -0.1) is 0 Å². The third kappa shape index (κ3) is 7.65. The first-order valence-electron chi connectivity index (χ1n) is 15.6. The molecule has 1 aliphatic carbocycles. The van der Waals surface area contributed by atoms with E-state index in [0.717, 1.165) is 49.0 Å². The van der Waals surface area contributed by atoms with E-state index in [1.54, 1.807) is 7.11 Å². The minimum atomic E-state index is -0.634. The van der Waals surface area contributed by atoms with Crippen LogP contribution in [0.25, 0.3) is 0 Å². The molecule has 2 fully saturated rings. The lowest BCUT2D eigenvalue weighted by atomic mass is 9.65. The lowest BCUT2D eigenvalue weighted by Crippen LogP contribution is -2.55. The highest BCUT2D eigenvalue weighted by atomic mass is 16.6. The van der Waals surface area contributed by atoms with Crippen molar-refractivity contribution in [1.82, 2.24) is 10.2 Å². The van der Waals surface area contributed by atoms with E-state index in [1.807, 2.05) is 58.6 Å². The zero-order valence-electron chi connectivity index (χ0n) is 28.2. The molecule has 1 aromatic rings. The Morgan fingerprint density at radius 3 is 2.23 bits per heavy atom. The van der Waals surface area contributed by atoms with E-state index in [1.165, 1.54) is 0 Å². The Balaban J connectivity index is 1.51. The van der Waals surface area contributed by atoms with Crippen molar-refractivity contribution in [3.05, 3.63) is 29.3 Å². The molecule has 1 aromatic carbocycles. The molecular weight excluding hydrogens is 546 g/mol. The number of carbonyl (C=O) groups excluding carboxylic acids is 2. The number of alkyl carbamates (subject to hydrolysis) is 1. The predicted octanol–water partition coefficient (Wildman–Crippen LogP) is 6.89. The molecule has 1 N–H and O–H groups in total. The van der Waals surface area contributed by atoms with Gasteiger partial charge in [0.15, 0.2) is 0 Å². The van der Waals surface area contributed by atoms with Gasteiger partial charge in [0.2, 0.25) is 0 Å². The van der Waals surface area contributed by atoms with Gasteiger partial charge in [-0.1, -0.05) is 20.8 Å². The summed E-state index contributed by atoms with van der Waals surface area (Å²) in [6.07, 6.45) is 3.41. The van der Waals surface area contributed by atoms with Gasteiger partial charge in [-0.3, -0.25) is 10.3 Å². The van der Waals surface area contributed by atoms with Crippen molar-refractivity contribution in [3.8, 4) is 5.75 Å². The van der Waals surface area contributed by atoms with Crippen molar-refractivity contribution in [2.75, 3.05) is 20.2 Å². The molecule has 2 atom stereocenters. The molecular formula is C34H53N3O6. The van der Waals surface area contributed by atoms with Crippen molar-refractivity contribution in [2.24, 2.45) is 15.8 Å². The topological polar surface area (TPSA) is 98.7 Å². The van der Waals surface area contributed by atoms with E-state index in [0.29, 0.717) is 18.9 Å². The lowest BCUT2D eigenvalue weighted by Gasteiger charge is -2.47. The molecule has 3 aliphatic rings. The molecule has 2 aliphatic heterocycles. The number of hydrogen-bond acceptors (Lipinski definition) is 7. The van der Waals surface area contributed by atoms with Gasteiger partial charge in [0.05, 0.1) is 6.04 Å². The maximum atomic E-state index is 12.9. The van der Waals surface area contributed by atoms with Crippen LogP contribution in [0.4, 0.5) is 9.59 Å². The molecule has 9 nitrogen and oxygen atoms in total. The molecule has 0 radical (unpaired) electrons. The Bertz CT molecular complexity index is 1230. The van der Waals surface area contributed by atoms with Gasteiger partial charge in [0, 0.05) is 25.8 Å². The van der Waals surface area contributed by atoms with Crippen LogP contribution in [0, 0.1) is 10.8 Å². The summed E-state index contributed by atoms with van der Waals surface area (Å²) >= 11 is 0. The molecule has 0 aromatic heterocycles. The van der Waals surface area contributed by atoms with Crippen LogP contribution in [0.1, 0.15) is 106 Å². The van der Waals surface area contributed by atoms with Gasteiger partial charge in [0.25, 0.3) is 0 Å². The van der Waals surface area contributed by atoms with Crippen molar-refractivity contribution >= 4 is 18.0 Å². The molecule has 9 heteroatoms. The third-order valence-corrected chi connectivity index (χ3v) is 9.16. The van der Waals surface area contributed by atoms with Crippen molar-refractivity contribution in [2.45, 2.75) is 130 Å². The molecule has 1 spiro atoms. The molecule has 1 saturated heterocycles. The maximum Gasteiger partial charge on any atom is 0.413 e. The zero-order chi connectivity index (χ0) is 32.0. The Kier molecular flexibility index (Phi) is 8.93. The van der Waals surface area contributed by atoms with Crippen molar-refractivity contribution in [3.63, 3.8) is 0 Å². The second-order valence-electron chi connectivity index (χ2n) is 15.8. The Morgan fingerprint density at radius 1 is 1.00 bits per heavy atom. The summed E-state index contributed by atoms with van der Waals surface area (Å²) in [4.78, 5) is 32.3. The number of methoxy groups -OCH3 is 1. The van der Waals surface area contributed by atoms with E-state index in [2.05, 4.69) is 39.1 Å². The van der Waals surface area contributed by atoms with Gasteiger partial charge >= 0.3 is 12.2 Å². The van der Waals surface area contributed by atoms with E-state index in [4.69, 9.17) is 23.9 Å². The van der Waals surface area contributed by atoms with Crippen molar-refractivity contribution < 1.29 is 28.5 Å². The first-order valence-corrected chi connectivity index (χ1v) is 15.6. The first-order chi connectivity index (χ1) is 19.7. The summed E-state index contributed by atoms with van der Waals surface area (Å²) in [6, 6.07) is 6.03. The Morgan fingerprint density at radius 2 is 1.65 bits per heavy atom. The predicted molar refractivity (Wildman–Crippen MR) is 168 cm³/mol. The number of amidine groups is 1. The van der Waals surface area contributed by atoms with Crippen LogP contribution in [-0.4, -0.2) is 72.1 Å². The quantitative estimate of drug-likeness (QED) is 0.299. The fourth-order valence-electron chi connectivity index (χ4n) is 6.39. The minimum absolute atomic E-state index is 0.0365. The molecule has 2 amide bonds. The molecule has 240 valence electrons. The van der Waals surface area contributed by atoms with Crippen LogP contribution < -0.4 is 10.1 Å². The number of aliphatic imine (C=N–C) groups is 1. The van der Waals surface area contributed by atoms with Gasteiger partial charge in [0.1, 0.15) is 34.5 Å². The first kappa shape index (κ1) is 33.1. The lowest BCUT2D eigenvalue weighted by molar-refractivity contribution is -0.147. The molecule has 2 heterocycles. The average Bonchev–Trinajstić information content (AvgIpc) is 3.30. The molecule has 1 saturated carbocycles.